The van der Waals surface area contributed by atoms with Gasteiger partial charge >= 0.3 is 0 Å². The molecule has 2 N–H and O–H groups in total. The maximum absolute atomic E-state index is 9.22. The van der Waals surface area contributed by atoms with Crippen molar-refractivity contribution >= 4 is 0 Å². The van der Waals surface area contributed by atoms with Gasteiger partial charge in [-0.3, -0.25) is 0 Å². The fourth-order valence-electron chi connectivity index (χ4n) is 0.568. The van der Waals surface area contributed by atoms with Gasteiger partial charge in [0.1, 0.15) is 0 Å². The Morgan fingerprint density at radius 2 is 1.82 bits per heavy atom. The summed E-state index contributed by atoms with van der Waals surface area (Å²) in [6.45, 7) is 3.74. The second-order valence-electron chi connectivity index (χ2n) is 2.32. The fourth-order valence-corrected chi connectivity index (χ4v) is 0.568. The molecule has 1 unspecified atom stereocenters. The van der Waals surface area contributed by atoms with Crippen LogP contribution in [0.5, 0.6) is 0 Å². The summed E-state index contributed by atoms with van der Waals surface area (Å²) in [7, 11) is 0. The number of rotatable bonds is 6. The summed E-state index contributed by atoms with van der Waals surface area (Å²) in [4.78, 5) is 0. The van der Waals surface area contributed by atoms with Crippen molar-refractivity contribution in [2.45, 2.75) is 26.2 Å². The van der Waals surface area contributed by atoms with E-state index in [0.29, 0.717) is 6.61 Å². The van der Waals surface area contributed by atoms with Crippen molar-refractivity contribution < 1.29 is 19.7 Å². The van der Waals surface area contributed by atoms with Crippen LogP contribution >= 0.6 is 0 Å². The molecule has 0 fully saturated rings. The molecule has 0 aromatic heterocycles. The van der Waals surface area contributed by atoms with E-state index in [4.69, 9.17) is 14.6 Å². The van der Waals surface area contributed by atoms with E-state index in [-0.39, 0.29) is 13.2 Å². The van der Waals surface area contributed by atoms with Crippen molar-refractivity contribution in [2.75, 3.05) is 19.8 Å². The Kier molecular flexibility index (Phi) is 5.41. The summed E-state index contributed by atoms with van der Waals surface area (Å²) in [5, 5.41) is 17.6. The Labute approximate surface area is 66.7 Å². The normalized spacial score (nSPS) is 16.4. The van der Waals surface area contributed by atoms with Crippen LogP contribution in [0.2, 0.25) is 0 Å². The van der Waals surface area contributed by atoms with Gasteiger partial charge in [0.25, 0.3) is 5.97 Å². The molecule has 0 radical (unpaired) electrons. The molecule has 0 spiro atoms. The Bertz CT molecular complexity index is 82.4. The molecule has 0 amide bonds. The number of aliphatic hydroxyl groups excluding tert-OH is 1. The molecular weight excluding hydrogens is 148 g/mol. The molecule has 0 saturated carbocycles. The minimum absolute atomic E-state index is 0.0801. The van der Waals surface area contributed by atoms with Crippen LogP contribution < -0.4 is 0 Å². The average Bonchev–Trinajstić information content (AvgIpc) is 1.97. The maximum atomic E-state index is 9.22. The predicted molar refractivity (Wildman–Crippen MR) is 39.9 cm³/mol. The highest BCUT2D eigenvalue weighted by atomic mass is 16.8. The van der Waals surface area contributed by atoms with Crippen molar-refractivity contribution in [1.82, 2.24) is 0 Å². The average molecular weight is 164 g/mol. The quantitative estimate of drug-likeness (QED) is 0.546. The molecule has 68 valence electrons. The van der Waals surface area contributed by atoms with Crippen LogP contribution in [0, 0.1) is 0 Å². The van der Waals surface area contributed by atoms with Gasteiger partial charge in [-0.25, -0.2) is 0 Å². The first kappa shape index (κ1) is 10.8. The summed E-state index contributed by atoms with van der Waals surface area (Å²) in [6.07, 6.45) is 0.818. The molecule has 0 aliphatic heterocycles. The fraction of sp³-hybridized carbons (Fsp3) is 1.00. The van der Waals surface area contributed by atoms with Crippen LogP contribution in [0.1, 0.15) is 20.3 Å². The number of aliphatic hydroxyl groups is 2. The van der Waals surface area contributed by atoms with E-state index in [0.717, 1.165) is 6.42 Å². The molecule has 0 aromatic carbocycles. The third-order valence-corrected chi connectivity index (χ3v) is 1.04. The van der Waals surface area contributed by atoms with E-state index in [1.165, 1.54) is 6.92 Å². The lowest BCUT2D eigenvalue weighted by atomic mass is 10.5. The first-order chi connectivity index (χ1) is 5.12. The Balaban J connectivity index is 3.43. The van der Waals surface area contributed by atoms with Gasteiger partial charge in [-0.15, -0.1) is 0 Å². The van der Waals surface area contributed by atoms with E-state index in [2.05, 4.69) is 0 Å². The minimum Gasteiger partial charge on any atom is -0.394 e. The summed E-state index contributed by atoms with van der Waals surface area (Å²) in [6, 6.07) is 0. The molecular formula is C7H16O4. The van der Waals surface area contributed by atoms with E-state index >= 15 is 0 Å². The first-order valence-electron chi connectivity index (χ1n) is 3.73. The molecule has 0 aliphatic rings. The van der Waals surface area contributed by atoms with Crippen LogP contribution in [0.3, 0.4) is 0 Å². The summed E-state index contributed by atoms with van der Waals surface area (Å²) < 4.78 is 9.67. The minimum atomic E-state index is -1.56. The van der Waals surface area contributed by atoms with Crippen molar-refractivity contribution in [1.29, 1.82) is 0 Å². The molecule has 0 aromatic rings. The third-order valence-electron chi connectivity index (χ3n) is 1.04. The Morgan fingerprint density at radius 1 is 1.27 bits per heavy atom. The molecule has 1 atom stereocenters. The molecule has 0 aliphatic carbocycles. The zero-order valence-corrected chi connectivity index (χ0v) is 7.04. The maximum Gasteiger partial charge on any atom is 0.277 e. The zero-order chi connectivity index (χ0) is 8.74. The van der Waals surface area contributed by atoms with Gasteiger partial charge in [-0.1, -0.05) is 6.92 Å². The van der Waals surface area contributed by atoms with Crippen LogP contribution in [0.25, 0.3) is 0 Å². The Hall–Kier alpha value is -0.160. The molecule has 4 nitrogen and oxygen atoms in total. The van der Waals surface area contributed by atoms with Gasteiger partial charge in [0.2, 0.25) is 0 Å². The van der Waals surface area contributed by atoms with Gasteiger partial charge < -0.3 is 19.7 Å². The summed E-state index contributed by atoms with van der Waals surface area (Å²) in [5.41, 5.74) is 0. The number of ether oxygens (including phenoxy) is 2. The number of hydrogen-bond donors (Lipinski definition) is 2. The predicted octanol–water partition coefficient (Wildman–Crippen LogP) is 0.0879. The smallest absolute Gasteiger partial charge is 0.277 e. The molecule has 0 rings (SSSR count). The highest BCUT2D eigenvalue weighted by molar-refractivity contribution is 4.42. The van der Waals surface area contributed by atoms with Gasteiger partial charge in [-0.05, 0) is 6.42 Å². The SMILES string of the molecule is CCCOC(C)(O)OCCO. The largest absolute Gasteiger partial charge is 0.394 e. The molecule has 11 heavy (non-hydrogen) atoms. The van der Waals surface area contributed by atoms with Gasteiger partial charge in [0.15, 0.2) is 0 Å². The van der Waals surface area contributed by atoms with Gasteiger partial charge in [0.05, 0.1) is 19.8 Å². The van der Waals surface area contributed by atoms with Crippen molar-refractivity contribution in [3.63, 3.8) is 0 Å². The van der Waals surface area contributed by atoms with E-state index in [1.807, 2.05) is 6.92 Å². The second kappa shape index (κ2) is 5.49. The van der Waals surface area contributed by atoms with E-state index in [1.54, 1.807) is 0 Å². The highest BCUT2D eigenvalue weighted by Gasteiger charge is 2.20. The van der Waals surface area contributed by atoms with Gasteiger partial charge in [0, 0.05) is 6.92 Å². The number of hydrogen-bond acceptors (Lipinski definition) is 4. The standard InChI is InChI=1S/C7H16O4/c1-3-5-10-7(2,9)11-6-4-8/h8-9H,3-6H2,1-2H3. The highest BCUT2D eigenvalue weighted by Crippen LogP contribution is 2.07. The molecule has 0 saturated heterocycles. The van der Waals surface area contributed by atoms with Crippen LogP contribution in [-0.2, 0) is 9.47 Å². The third kappa shape index (κ3) is 6.25. The zero-order valence-electron chi connectivity index (χ0n) is 7.04. The van der Waals surface area contributed by atoms with E-state index < -0.39 is 5.97 Å². The van der Waals surface area contributed by atoms with E-state index in [9.17, 15) is 5.11 Å². The molecule has 4 heteroatoms. The van der Waals surface area contributed by atoms with Crippen molar-refractivity contribution in [3.8, 4) is 0 Å². The van der Waals surface area contributed by atoms with Crippen molar-refractivity contribution in [2.24, 2.45) is 0 Å². The van der Waals surface area contributed by atoms with Gasteiger partial charge in [-0.2, -0.15) is 0 Å². The summed E-state index contributed by atoms with van der Waals surface area (Å²) in [5.74, 6) is -1.56. The van der Waals surface area contributed by atoms with Crippen LogP contribution in [0.4, 0.5) is 0 Å². The van der Waals surface area contributed by atoms with Crippen LogP contribution in [-0.4, -0.2) is 36.0 Å². The Morgan fingerprint density at radius 3 is 2.27 bits per heavy atom. The lowest BCUT2D eigenvalue weighted by molar-refractivity contribution is -0.350. The topological polar surface area (TPSA) is 58.9 Å². The second-order valence-corrected chi connectivity index (χ2v) is 2.32. The molecule has 0 bridgehead atoms. The first-order valence-corrected chi connectivity index (χ1v) is 3.73. The van der Waals surface area contributed by atoms with Crippen LogP contribution in [0.15, 0.2) is 0 Å². The summed E-state index contributed by atoms with van der Waals surface area (Å²) >= 11 is 0. The lowest BCUT2D eigenvalue weighted by Gasteiger charge is -2.22. The molecule has 0 heterocycles. The lowest BCUT2D eigenvalue weighted by Crippen LogP contribution is -2.33. The van der Waals surface area contributed by atoms with Crippen molar-refractivity contribution in [3.05, 3.63) is 0 Å². The monoisotopic (exact) mass is 164 g/mol.